The zero-order valence-corrected chi connectivity index (χ0v) is 13.9. The Labute approximate surface area is 140 Å². The van der Waals surface area contributed by atoms with Gasteiger partial charge in [-0.3, -0.25) is 0 Å². The second-order valence-electron chi connectivity index (χ2n) is 5.48. The highest BCUT2D eigenvalue weighted by Gasteiger charge is 2.09. The van der Waals surface area contributed by atoms with Crippen molar-refractivity contribution < 1.29 is 0 Å². The van der Waals surface area contributed by atoms with Crippen molar-refractivity contribution in [3.05, 3.63) is 75.6 Å². The summed E-state index contributed by atoms with van der Waals surface area (Å²) in [4.78, 5) is 4.62. The third-order valence-corrected chi connectivity index (χ3v) is 4.47. The summed E-state index contributed by atoms with van der Waals surface area (Å²) >= 11 is 1.50. The lowest BCUT2D eigenvalue weighted by molar-refractivity contribution is 1.36. The first-order chi connectivity index (χ1) is 11.2. The Kier molecular flexibility index (Phi) is 4.36. The zero-order chi connectivity index (χ0) is 16.2. The van der Waals surface area contributed by atoms with E-state index < -0.39 is 0 Å². The van der Waals surface area contributed by atoms with Gasteiger partial charge in [-0.1, -0.05) is 59.7 Å². The summed E-state index contributed by atoms with van der Waals surface area (Å²) in [6.45, 7) is 4.11. The summed E-state index contributed by atoms with van der Waals surface area (Å²) in [5, 5.41) is 12.2. The van der Waals surface area contributed by atoms with Crippen molar-refractivity contribution in [2.75, 3.05) is 0 Å². The Balaban J connectivity index is 1.92. The van der Waals surface area contributed by atoms with Crippen molar-refractivity contribution in [2.24, 2.45) is 0 Å². The van der Waals surface area contributed by atoms with Crippen LogP contribution in [0.15, 0.2) is 53.9 Å². The molecule has 3 rings (SSSR count). The van der Waals surface area contributed by atoms with Crippen LogP contribution in [0.4, 0.5) is 0 Å². The van der Waals surface area contributed by atoms with Gasteiger partial charge in [0.1, 0.15) is 11.1 Å². The van der Waals surface area contributed by atoms with E-state index in [0.29, 0.717) is 5.57 Å². The van der Waals surface area contributed by atoms with E-state index in [4.69, 9.17) is 0 Å². The first-order valence-electron chi connectivity index (χ1n) is 7.37. The summed E-state index contributed by atoms with van der Waals surface area (Å²) in [6.07, 6.45) is 1.89. The van der Waals surface area contributed by atoms with Crippen molar-refractivity contribution >= 4 is 23.0 Å². The van der Waals surface area contributed by atoms with E-state index in [2.05, 4.69) is 42.2 Å². The predicted molar refractivity (Wildman–Crippen MR) is 97.0 cm³/mol. The molecule has 2 aromatic carbocycles. The molecule has 0 fully saturated rings. The van der Waals surface area contributed by atoms with E-state index in [-0.39, 0.29) is 0 Å². The number of nitrogens with zero attached hydrogens (tertiary/aromatic N) is 2. The molecule has 0 aliphatic carbocycles. The van der Waals surface area contributed by atoms with Crippen LogP contribution in [-0.4, -0.2) is 4.98 Å². The van der Waals surface area contributed by atoms with Crippen molar-refractivity contribution in [1.29, 1.82) is 5.26 Å². The molecule has 0 aliphatic heterocycles. The van der Waals surface area contributed by atoms with Crippen LogP contribution < -0.4 is 0 Å². The molecule has 0 N–H and O–H groups in total. The molecule has 0 saturated carbocycles. The third kappa shape index (κ3) is 3.56. The van der Waals surface area contributed by atoms with Crippen LogP contribution in [0.1, 0.15) is 21.7 Å². The van der Waals surface area contributed by atoms with Crippen molar-refractivity contribution in [1.82, 2.24) is 4.98 Å². The largest absolute Gasteiger partial charge is 0.235 e. The number of nitriles is 1. The molecule has 0 saturated heterocycles. The number of allylic oxidation sites excluding steroid dienone is 1. The molecule has 0 radical (unpaired) electrons. The molecule has 0 aliphatic rings. The van der Waals surface area contributed by atoms with Gasteiger partial charge in [0.05, 0.1) is 11.3 Å². The number of thiazole rings is 1. The first-order valence-corrected chi connectivity index (χ1v) is 8.25. The molecule has 112 valence electrons. The minimum absolute atomic E-state index is 0.595. The van der Waals surface area contributed by atoms with Gasteiger partial charge in [0.2, 0.25) is 0 Å². The quantitative estimate of drug-likeness (QED) is 0.599. The fourth-order valence-electron chi connectivity index (χ4n) is 2.23. The molecule has 3 heteroatoms. The number of rotatable bonds is 3. The van der Waals surface area contributed by atoms with E-state index in [9.17, 15) is 5.26 Å². The van der Waals surface area contributed by atoms with E-state index >= 15 is 0 Å². The molecule has 2 nitrogen and oxygen atoms in total. The van der Waals surface area contributed by atoms with Gasteiger partial charge in [-0.25, -0.2) is 4.98 Å². The lowest BCUT2D eigenvalue weighted by Crippen LogP contribution is -1.83. The summed E-state index contributed by atoms with van der Waals surface area (Å²) in [5.74, 6) is 0. The summed E-state index contributed by atoms with van der Waals surface area (Å²) < 4.78 is 0. The van der Waals surface area contributed by atoms with Crippen LogP contribution in [0.25, 0.3) is 22.9 Å². The lowest BCUT2D eigenvalue weighted by atomic mass is 10.1. The lowest BCUT2D eigenvalue weighted by Gasteiger charge is -1.98. The smallest absolute Gasteiger partial charge is 0.134 e. The highest BCUT2D eigenvalue weighted by atomic mass is 32.1. The number of hydrogen-bond donors (Lipinski definition) is 0. The molecule has 0 spiro atoms. The zero-order valence-electron chi connectivity index (χ0n) is 13.1. The number of hydrogen-bond acceptors (Lipinski definition) is 3. The Morgan fingerprint density at radius 3 is 2.22 bits per heavy atom. The highest BCUT2D eigenvalue weighted by molar-refractivity contribution is 7.11. The number of aryl methyl sites for hydroxylation is 2. The van der Waals surface area contributed by atoms with Crippen LogP contribution in [0, 0.1) is 25.2 Å². The minimum Gasteiger partial charge on any atom is -0.235 e. The molecule has 1 heterocycles. The molecule has 1 aromatic heterocycles. The van der Waals surface area contributed by atoms with E-state index in [1.165, 1.54) is 22.5 Å². The summed E-state index contributed by atoms with van der Waals surface area (Å²) in [5.41, 5.74) is 6.02. The summed E-state index contributed by atoms with van der Waals surface area (Å²) in [6, 6.07) is 18.6. The number of benzene rings is 2. The van der Waals surface area contributed by atoms with Crippen LogP contribution in [0.3, 0.4) is 0 Å². The second-order valence-corrected chi connectivity index (χ2v) is 6.34. The Morgan fingerprint density at radius 2 is 1.61 bits per heavy atom. The van der Waals surface area contributed by atoms with E-state index in [1.54, 1.807) is 0 Å². The normalized spacial score (nSPS) is 11.3. The average Bonchev–Trinajstić information content (AvgIpc) is 3.05. The Bertz CT molecular complexity index is 879. The fourth-order valence-corrected chi connectivity index (χ4v) is 3.02. The van der Waals surface area contributed by atoms with Crippen LogP contribution in [0.5, 0.6) is 0 Å². The van der Waals surface area contributed by atoms with Crippen LogP contribution >= 0.6 is 11.3 Å². The van der Waals surface area contributed by atoms with Gasteiger partial charge in [-0.05, 0) is 25.5 Å². The van der Waals surface area contributed by atoms with Gasteiger partial charge in [0.15, 0.2) is 0 Å². The molecule has 0 unspecified atom stereocenters. The SMILES string of the molecule is Cc1ccc(C=C(C#N)c2nc(-c3ccc(C)cc3)cs2)cc1. The van der Waals surface area contributed by atoms with Gasteiger partial charge in [0.25, 0.3) is 0 Å². The highest BCUT2D eigenvalue weighted by Crippen LogP contribution is 2.27. The van der Waals surface area contributed by atoms with Crippen LogP contribution in [-0.2, 0) is 0 Å². The monoisotopic (exact) mass is 316 g/mol. The molecule has 0 atom stereocenters. The molecule has 23 heavy (non-hydrogen) atoms. The maximum absolute atomic E-state index is 9.46. The van der Waals surface area contributed by atoms with Crippen molar-refractivity contribution in [3.63, 3.8) is 0 Å². The molecule has 3 aromatic rings. The van der Waals surface area contributed by atoms with Crippen molar-refractivity contribution in [2.45, 2.75) is 13.8 Å². The van der Waals surface area contributed by atoms with Gasteiger partial charge in [-0.15, -0.1) is 11.3 Å². The maximum Gasteiger partial charge on any atom is 0.134 e. The Hall–Kier alpha value is -2.70. The van der Waals surface area contributed by atoms with Crippen LogP contribution in [0.2, 0.25) is 0 Å². The van der Waals surface area contributed by atoms with Gasteiger partial charge < -0.3 is 0 Å². The van der Waals surface area contributed by atoms with E-state index in [1.807, 2.05) is 42.6 Å². The predicted octanol–water partition coefficient (Wildman–Crippen LogP) is 5.49. The molecule has 0 amide bonds. The van der Waals surface area contributed by atoms with Gasteiger partial charge in [-0.2, -0.15) is 5.26 Å². The minimum atomic E-state index is 0.595. The van der Waals surface area contributed by atoms with E-state index in [0.717, 1.165) is 21.8 Å². The standard InChI is InChI=1S/C20H16N2S/c1-14-3-7-16(8-4-14)11-18(12-21)20-22-19(13-23-20)17-9-5-15(2)6-10-17/h3-11,13H,1-2H3. The average molecular weight is 316 g/mol. The summed E-state index contributed by atoms with van der Waals surface area (Å²) in [7, 11) is 0. The van der Waals surface area contributed by atoms with Crippen molar-refractivity contribution in [3.8, 4) is 17.3 Å². The second kappa shape index (κ2) is 6.60. The number of aromatic nitrogens is 1. The molecular formula is C20H16N2S. The topological polar surface area (TPSA) is 36.7 Å². The molecular weight excluding hydrogens is 300 g/mol. The third-order valence-electron chi connectivity index (χ3n) is 3.59. The van der Waals surface area contributed by atoms with Gasteiger partial charge >= 0.3 is 0 Å². The Morgan fingerprint density at radius 1 is 1.00 bits per heavy atom. The first kappa shape index (κ1) is 15.2. The maximum atomic E-state index is 9.46. The molecule has 0 bridgehead atoms. The fraction of sp³-hybridized carbons (Fsp3) is 0.100. The van der Waals surface area contributed by atoms with Gasteiger partial charge in [0, 0.05) is 10.9 Å².